The maximum Gasteiger partial charge on any atom is 0.163 e. The smallest absolute Gasteiger partial charge is 0.163 e. The molecule has 6 heteroatoms. The average Bonchev–Trinajstić information content (AvgIpc) is 3.03. The van der Waals surface area contributed by atoms with Crippen LogP contribution in [0.25, 0.3) is 22.4 Å². The number of pyridine rings is 1. The Morgan fingerprint density at radius 2 is 1.88 bits per heavy atom. The van der Waals surface area contributed by atoms with Gasteiger partial charge in [0.1, 0.15) is 5.65 Å². The maximum atomic E-state index is 14.4. The van der Waals surface area contributed by atoms with Crippen LogP contribution in [-0.2, 0) is 6.42 Å². The van der Waals surface area contributed by atoms with Gasteiger partial charge in [-0.1, -0.05) is 29.8 Å². The van der Waals surface area contributed by atoms with Crippen molar-refractivity contribution in [1.82, 2.24) is 19.9 Å². The van der Waals surface area contributed by atoms with Crippen LogP contribution in [0.2, 0.25) is 5.02 Å². The highest BCUT2D eigenvalue weighted by Gasteiger charge is 2.15. The minimum Gasteiger partial charge on any atom is -0.345 e. The molecule has 0 bridgehead atoms. The third-order valence-electron chi connectivity index (χ3n) is 4.54. The van der Waals surface area contributed by atoms with Gasteiger partial charge >= 0.3 is 0 Å². The highest BCUT2D eigenvalue weighted by atomic mass is 35.5. The van der Waals surface area contributed by atoms with Crippen molar-refractivity contribution in [3.63, 3.8) is 0 Å². The fourth-order valence-electron chi connectivity index (χ4n) is 3.11. The Morgan fingerprint density at radius 1 is 1.12 bits per heavy atom. The molecular weight excluding hydrogens is 351 g/mol. The fourth-order valence-corrected chi connectivity index (χ4v) is 3.27. The van der Waals surface area contributed by atoms with Gasteiger partial charge in [0.05, 0.1) is 16.9 Å². The van der Waals surface area contributed by atoms with Crippen LogP contribution >= 0.6 is 11.6 Å². The highest BCUT2D eigenvalue weighted by molar-refractivity contribution is 6.31. The zero-order valence-electron chi connectivity index (χ0n) is 14.3. The summed E-state index contributed by atoms with van der Waals surface area (Å²) >= 11 is 6.06. The van der Waals surface area contributed by atoms with Gasteiger partial charge < -0.3 is 4.98 Å². The first-order valence-electron chi connectivity index (χ1n) is 8.22. The van der Waals surface area contributed by atoms with Crippen LogP contribution in [0.3, 0.4) is 0 Å². The molecule has 4 nitrogen and oxygen atoms in total. The Hall–Kier alpha value is -2.79. The maximum absolute atomic E-state index is 14.4. The summed E-state index contributed by atoms with van der Waals surface area (Å²) in [5, 5.41) is 1.33. The molecule has 3 aromatic heterocycles. The quantitative estimate of drug-likeness (QED) is 0.554. The molecule has 3 heterocycles. The Bertz CT molecular complexity index is 1100. The number of aryl methyl sites for hydroxylation is 2. The molecular formula is C20H16ClFN4. The number of nitrogens with zero attached hydrogens (tertiary/aromatic N) is 3. The molecule has 0 aliphatic rings. The molecule has 26 heavy (non-hydrogen) atoms. The number of nitrogens with one attached hydrogen (secondary N) is 1. The van der Waals surface area contributed by atoms with Crippen molar-refractivity contribution in [2.75, 3.05) is 0 Å². The first kappa shape index (κ1) is 16.7. The molecule has 0 aliphatic heterocycles. The van der Waals surface area contributed by atoms with E-state index in [2.05, 4.69) is 19.9 Å². The van der Waals surface area contributed by atoms with E-state index >= 15 is 0 Å². The SMILES string of the molecule is Cc1cccc(C)c1Cc1nc(-c2c[nH]c3ncc(Cl)cc23)ncc1F. The standard InChI is InChI=1S/C20H16ClFN4/c1-11-4-3-5-12(2)14(11)7-18-17(22)10-25-20(26-18)16-9-24-19-15(16)6-13(21)8-23-19/h3-6,8-10H,7H2,1-2H3,(H,23,24). The first-order chi connectivity index (χ1) is 12.5. The fraction of sp³-hybridized carbons (Fsp3) is 0.150. The second-order valence-electron chi connectivity index (χ2n) is 6.29. The van der Waals surface area contributed by atoms with Gasteiger partial charge in [0, 0.05) is 29.8 Å². The second kappa shape index (κ2) is 6.50. The normalized spacial score (nSPS) is 11.2. The number of fused-ring (bicyclic) bond motifs is 1. The predicted molar refractivity (Wildman–Crippen MR) is 101 cm³/mol. The molecule has 1 aromatic carbocycles. The van der Waals surface area contributed by atoms with E-state index in [4.69, 9.17) is 11.6 Å². The first-order valence-corrected chi connectivity index (χ1v) is 8.60. The molecule has 0 amide bonds. The van der Waals surface area contributed by atoms with Crippen LogP contribution < -0.4 is 0 Å². The summed E-state index contributed by atoms with van der Waals surface area (Å²) in [5.41, 5.74) is 5.13. The van der Waals surface area contributed by atoms with Crippen molar-refractivity contribution in [1.29, 1.82) is 0 Å². The molecule has 0 atom stereocenters. The van der Waals surface area contributed by atoms with Crippen molar-refractivity contribution >= 4 is 22.6 Å². The Labute approximate surface area is 155 Å². The van der Waals surface area contributed by atoms with Gasteiger partial charge in [-0.25, -0.2) is 19.3 Å². The molecule has 130 valence electrons. The van der Waals surface area contributed by atoms with Crippen molar-refractivity contribution in [2.24, 2.45) is 0 Å². The summed E-state index contributed by atoms with van der Waals surface area (Å²) in [6, 6.07) is 7.84. The molecule has 0 saturated carbocycles. The summed E-state index contributed by atoms with van der Waals surface area (Å²) in [6.45, 7) is 4.05. The predicted octanol–water partition coefficient (Wildman–Crippen LogP) is 5.02. The third kappa shape index (κ3) is 2.95. The summed E-state index contributed by atoms with van der Waals surface area (Å²) in [5.74, 6) is 0.0374. The Kier molecular flexibility index (Phi) is 4.17. The van der Waals surface area contributed by atoms with E-state index in [0.29, 0.717) is 28.6 Å². The minimum absolute atomic E-state index is 0.372. The van der Waals surface area contributed by atoms with Gasteiger partial charge in [0.15, 0.2) is 11.6 Å². The van der Waals surface area contributed by atoms with Crippen molar-refractivity contribution < 1.29 is 4.39 Å². The van der Waals surface area contributed by atoms with Crippen LogP contribution in [0.5, 0.6) is 0 Å². The van der Waals surface area contributed by atoms with E-state index in [9.17, 15) is 4.39 Å². The topological polar surface area (TPSA) is 54.5 Å². The van der Waals surface area contributed by atoms with E-state index in [1.54, 1.807) is 18.5 Å². The Morgan fingerprint density at radius 3 is 2.65 bits per heavy atom. The number of hydrogen-bond donors (Lipinski definition) is 1. The summed E-state index contributed by atoms with van der Waals surface area (Å²) < 4.78 is 14.4. The van der Waals surface area contributed by atoms with Gasteiger partial charge in [0.2, 0.25) is 0 Å². The number of rotatable bonds is 3. The summed E-state index contributed by atoms with van der Waals surface area (Å²) in [7, 11) is 0. The monoisotopic (exact) mass is 366 g/mol. The largest absolute Gasteiger partial charge is 0.345 e. The van der Waals surface area contributed by atoms with E-state index < -0.39 is 5.82 Å². The van der Waals surface area contributed by atoms with E-state index in [1.165, 1.54) is 6.20 Å². The van der Waals surface area contributed by atoms with Gasteiger partial charge in [-0.05, 0) is 36.6 Å². The minimum atomic E-state index is -0.410. The summed E-state index contributed by atoms with van der Waals surface area (Å²) in [4.78, 5) is 16.0. The lowest BCUT2D eigenvalue weighted by atomic mass is 9.98. The molecule has 0 fully saturated rings. The lowest BCUT2D eigenvalue weighted by Gasteiger charge is -2.10. The number of aromatic nitrogens is 4. The molecule has 0 unspecified atom stereocenters. The number of halogens is 2. The van der Waals surface area contributed by atoms with Crippen molar-refractivity contribution in [3.05, 3.63) is 76.1 Å². The Balaban J connectivity index is 1.80. The van der Waals surface area contributed by atoms with E-state index in [-0.39, 0.29) is 0 Å². The number of H-pyrrole nitrogens is 1. The molecule has 4 aromatic rings. The summed E-state index contributed by atoms with van der Waals surface area (Å²) in [6.07, 6.45) is 4.98. The van der Waals surface area contributed by atoms with Crippen LogP contribution in [-0.4, -0.2) is 19.9 Å². The van der Waals surface area contributed by atoms with Gasteiger partial charge in [0.25, 0.3) is 0 Å². The number of hydrogen-bond acceptors (Lipinski definition) is 3. The molecule has 0 spiro atoms. The van der Waals surface area contributed by atoms with Crippen molar-refractivity contribution in [3.8, 4) is 11.4 Å². The highest BCUT2D eigenvalue weighted by Crippen LogP contribution is 2.28. The molecule has 1 N–H and O–H groups in total. The van der Waals surface area contributed by atoms with E-state index in [1.807, 2.05) is 32.0 Å². The van der Waals surface area contributed by atoms with Crippen molar-refractivity contribution in [2.45, 2.75) is 20.3 Å². The molecule has 0 aliphatic carbocycles. The zero-order chi connectivity index (χ0) is 18.3. The van der Waals surface area contributed by atoms with Crippen LogP contribution in [0.4, 0.5) is 4.39 Å². The lowest BCUT2D eigenvalue weighted by Crippen LogP contribution is -2.03. The van der Waals surface area contributed by atoms with Gasteiger partial charge in [-0.2, -0.15) is 0 Å². The molecule has 4 rings (SSSR count). The molecule has 0 radical (unpaired) electrons. The van der Waals surface area contributed by atoms with E-state index in [0.717, 1.165) is 27.6 Å². The molecule has 0 saturated heterocycles. The second-order valence-corrected chi connectivity index (χ2v) is 6.72. The van der Waals surface area contributed by atoms with Crippen LogP contribution in [0, 0.1) is 19.7 Å². The van der Waals surface area contributed by atoms with Crippen LogP contribution in [0.1, 0.15) is 22.4 Å². The number of benzene rings is 1. The van der Waals surface area contributed by atoms with Gasteiger partial charge in [-0.3, -0.25) is 0 Å². The third-order valence-corrected chi connectivity index (χ3v) is 4.75. The average molecular weight is 367 g/mol. The van der Waals surface area contributed by atoms with Crippen LogP contribution in [0.15, 0.2) is 42.9 Å². The van der Waals surface area contributed by atoms with Gasteiger partial charge in [-0.15, -0.1) is 0 Å². The zero-order valence-corrected chi connectivity index (χ0v) is 15.1. The lowest BCUT2D eigenvalue weighted by molar-refractivity contribution is 0.596. The number of aromatic amines is 1.